The van der Waals surface area contributed by atoms with Gasteiger partial charge in [-0.15, -0.1) is 0 Å². The number of nitrogens with one attached hydrogen (secondary N) is 2. The molecule has 0 saturated heterocycles. The van der Waals surface area contributed by atoms with Crippen molar-refractivity contribution in [3.63, 3.8) is 0 Å². The van der Waals surface area contributed by atoms with Crippen LogP contribution in [0.1, 0.15) is 19.5 Å². The van der Waals surface area contributed by atoms with Crippen LogP contribution in [0, 0.1) is 0 Å². The summed E-state index contributed by atoms with van der Waals surface area (Å²) < 4.78 is 10.3. The Morgan fingerprint density at radius 2 is 2.20 bits per heavy atom. The smallest absolute Gasteiger partial charge is 0.258 e. The second kappa shape index (κ2) is 9.28. The fourth-order valence-electron chi connectivity index (χ4n) is 1.50. The van der Waals surface area contributed by atoms with Crippen molar-refractivity contribution < 1.29 is 14.3 Å². The molecule has 0 radical (unpaired) electrons. The van der Waals surface area contributed by atoms with Gasteiger partial charge in [-0.3, -0.25) is 9.78 Å². The number of rotatable bonds is 9. The fourth-order valence-corrected chi connectivity index (χ4v) is 1.50. The zero-order chi connectivity index (χ0) is 14.8. The van der Waals surface area contributed by atoms with Gasteiger partial charge >= 0.3 is 0 Å². The summed E-state index contributed by atoms with van der Waals surface area (Å²) in [6.07, 6.45) is 1.62. The van der Waals surface area contributed by atoms with Crippen molar-refractivity contribution in [3.05, 3.63) is 24.0 Å². The first-order valence-electron chi connectivity index (χ1n) is 6.68. The van der Waals surface area contributed by atoms with E-state index in [9.17, 15) is 4.79 Å². The number of methoxy groups -OCH3 is 1. The first-order valence-corrected chi connectivity index (χ1v) is 6.68. The molecule has 1 heterocycles. The summed E-state index contributed by atoms with van der Waals surface area (Å²) in [5.41, 5.74) is 0.917. The number of hydrogen-bond donors (Lipinski definition) is 2. The molecule has 1 aromatic heterocycles. The average molecular weight is 281 g/mol. The van der Waals surface area contributed by atoms with Crippen molar-refractivity contribution in [2.75, 3.05) is 26.9 Å². The van der Waals surface area contributed by atoms with E-state index in [2.05, 4.69) is 15.6 Å². The van der Waals surface area contributed by atoms with Crippen molar-refractivity contribution in [2.24, 2.45) is 0 Å². The van der Waals surface area contributed by atoms with Crippen molar-refractivity contribution in [3.8, 4) is 5.75 Å². The zero-order valence-corrected chi connectivity index (χ0v) is 12.3. The summed E-state index contributed by atoms with van der Waals surface area (Å²) in [7, 11) is 1.67. The maximum Gasteiger partial charge on any atom is 0.258 e. The van der Waals surface area contributed by atoms with Gasteiger partial charge in [-0.25, -0.2) is 0 Å². The number of nitrogens with zero attached hydrogens (tertiary/aromatic N) is 1. The highest BCUT2D eigenvalue weighted by atomic mass is 16.5. The third kappa shape index (κ3) is 7.06. The first kappa shape index (κ1) is 16.4. The van der Waals surface area contributed by atoms with E-state index in [0.29, 0.717) is 18.9 Å². The van der Waals surface area contributed by atoms with Crippen molar-refractivity contribution in [2.45, 2.75) is 26.4 Å². The van der Waals surface area contributed by atoms with E-state index < -0.39 is 0 Å². The lowest BCUT2D eigenvalue weighted by molar-refractivity contribution is -0.123. The standard InChI is InChI=1S/C14H23N3O3/c1-11(2)17-14(18)10-20-13-5-4-12(16-9-13)8-15-6-7-19-3/h4-5,9,11,15H,6-8,10H2,1-3H3,(H,17,18). The molecule has 0 saturated carbocycles. The third-order valence-electron chi connectivity index (χ3n) is 2.41. The number of ether oxygens (including phenoxy) is 2. The number of aromatic nitrogens is 1. The molecule has 1 amide bonds. The lowest BCUT2D eigenvalue weighted by Crippen LogP contribution is -2.34. The average Bonchev–Trinajstić information content (AvgIpc) is 2.42. The lowest BCUT2D eigenvalue weighted by Gasteiger charge is -2.10. The summed E-state index contributed by atoms with van der Waals surface area (Å²) in [4.78, 5) is 15.7. The Labute approximate surface area is 119 Å². The van der Waals surface area contributed by atoms with Gasteiger partial charge in [0.25, 0.3) is 5.91 Å². The van der Waals surface area contributed by atoms with Crippen LogP contribution in [0.3, 0.4) is 0 Å². The van der Waals surface area contributed by atoms with Gasteiger partial charge in [-0.05, 0) is 26.0 Å². The van der Waals surface area contributed by atoms with E-state index in [4.69, 9.17) is 9.47 Å². The molecule has 0 unspecified atom stereocenters. The SMILES string of the molecule is COCCNCc1ccc(OCC(=O)NC(C)C)cn1. The van der Waals surface area contributed by atoms with Gasteiger partial charge in [0, 0.05) is 26.2 Å². The van der Waals surface area contributed by atoms with Crippen LogP contribution in [0.2, 0.25) is 0 Å². The topological polar surface area (TPSA) is 72.5 Å². The highest BCUT2D eigenvalue weighted by Crippen LogP contribution is 2.08. The van der Waals surface area contributed by atoms with Crippen LogP contribution >= 0.6 is 0 Å². The largest absolute Gasteiger partial charge is 0.482 e. The van der Waals surface area contributed by atoms with Crippen LogP contribution in [-0.2, 0) is 16.1 Å². The van der Waals surface area contributed by atoms with E-state index in [1.165, 1.54) is 0 Å². The molecule has 0 aromatic carbocycles. The Morgan fingerprint density at radius 1 is 1.40 bits per heavy atom. The summed E-state index contributed by atoms with van der Waals surface area (Å²) in [6, 6.07) is 3.79. The number of carbonyl (C=O) groups is 1. The molecular weight excluding hydrogens is 258 g/mol. The van der Waals surface area contributed by atoms with E-state index in [-0.39, 0.29) is 18.6 Å². The van der Waals surface area contributed by atoms with Gasteiger partial charge in [0.05, 0.1) is 18.5 Å². The minimum absolute atomic E-state index is 0.00525. The molecule has 6 nitrogen and oxygen atoms in total. The number of hydrogen-bond acceptors (Lipinski definition) is 5. The van der Waals surface area contributed by atoms with Gasteiger partial charge < -0.3 is 20.1 Å². The number of carbonyl (C=O) groups excluding carboxylic acids is 1. The number of amides is 1. The van der Waals surface area contributed by atoms with Gasteiger partial charge in [0.2, 0.25) is 0 Å². The predicted octanol–water partition coefficient (Wildman–Crippen LogP) is 0.721. The molecule has 2 N–H and O–H groups in total. The van der Waals surface area contributed by atoms with Crippen LogP contribution in [0.15, 0.2) is 18.3 Å². The highest BCUT2D eigenvalue weighted by molar-refractivity contribution is 5.77. The normalized spacial score (nSPS) is 10.6. The summed E-state index contributed by atoms with van der Waals surface area (Å²) in [5, 5.41) is 5.96. The molecule has 20 heavy (non-hydrogen) atoms. The van der Waals surface area contributed by atoms with Crippen molar-refractivity contribution in [1.82, 2.24) is 15.6 Å². The zero-order valence-electron chi connectivity index (χ0n) is 12.3. The van der Waals surface area contributed by atoms with Gasteiger partial charge in [0.15, 0.2) is 6.61 Å². The van der Waals surface area contributed by atoms with Crippen molar-refractivity contribution >= 4 is 5.91 Å². The maximum absolute atomic E-state index is 11.4. The Bertz CT molecular complexity index is 393. The Kier molecular flexibility index (Phi) is 7.60. The van der Waals surface area contributed by atoms with Crippen LogP contribution < -0.4 is 15.4 Å². The third-order valence-corrected chi connectivity index (χ3v) is 2.41. The monoisotopic (exact) mass is 281 g/mol. The second-order valence-corrected chi connectivity index (χ2v) is 4.67. The quantitative estimate of drug-likeness (QED) is 0.653. The molecule has 112 valence electrons. The first-order chi connectivity index (χ1) is 9.61. The summed E-state index contributed by atoms with van der Waals surface area (Å²) >= 11 is 0. The van der Waals surface area contributed by atoms with Gasteiger partial charge in [-0.2, -0.15) is 0 Å². The van der Waals surface area contributed by atoms with Gasteiger partial charge in [-0.1, -0.05) is 0 Å². The Balaban J connectivity index is 2.29. The van der Waals surface area contributed by atoms with Crippen molar-refractivity contribution in [1.29, 1.82) is 0 Å². The maximum atomic E-state index is 11.4. The molecule has 1 rings (SSSR count). The van der Waals surface area contributed by atoms with Crippen LogP contribution in [-0.4, -0.2) is 43.8 Å². The van der Waals surface area contributed by atoms with Crippen LogP contribution in [0.25, 0.3) is 0 Å². The molecule has 1 aromatic rings. The molecule has 0 spiro atoms. The second-order valence-electron chi connectivity index (χ2n) is 4.67. The van der Waals surface area contributed by atoms with E-state index in [0.717, 1.165) is 12.2 Å². The summed E-state index contributed by atoms with van der Waals surface area (Å²) in [6.45, 7) is 5.95. The molecule has 0 fully saturated rings. The number of pyridine rings is 1. The van der Waals surface area contributed by atoms with Gasteiger partial charge in [0.1, 0.15) is 5.75 Å². The van der Waals surface area contributed by atoms with E-state index in [1.54, 1.807) is 13.3 Å². The Hall–Kier alpha value is -1.66. The molecule has 0 atom stereocenters. The fraction of sp³-hybridized carbons (Fsp3) is 0.571. The molecule has 6 heteroatoms. The van der Waals surface area contributed by atoms with Crippen LogP contribution in [0.4, 0.5) is 0 Å². The molecule has 0 aliphatic heterocycles. The van der Waals surface area contributed by atoms with E-state index in [1.807, 2.05) is 26.0 Å². The van der Waals surface area contributed by atoms with E-state index >= 15 is 0 Å². The lowest BCUT2D eigenvalue weighted by atomic mass is 10.3. The molecule has 0 aliphatic carbocycles. The summed E-state index contributed by atoms with van der Waals surface area (Å²) in [5.74, 6) is 0.454. The van der Waals surface area contributed by atoms with Crippen LogP contribution in [0.5, 0.6) is 5.75 Å². The molecular formula is C14H23N3O3. The highest BCUT2D eigenvalue weighted by Gasteiger charge is 2.04. The minimum atomic E-state index is -0.134. The molecule has 0 aliphatic rings. The Morgan fingerprint density at radius 3 is 2.80 bits per heavy atom. The molecule has 0 bridgehead atoms. The minimum Gasteiger partial charge on any atom is -0.482 e. The predicted molar refractivity (Wildman–Crippen MR) is 76.6 cm³/mol.